The lowest BCUT2D eigenvalue weighted by atomic mass is 10.1. The van der Waals surface area contributed by atoms with Gasteiger partial charge in [0.05, 0.1) is 32.1 Å². The Morgan fingerprint density at radius 1 is 0.594 bits per heavy atom. The molecule has 0 N–H and O–H groups in total. The van der Waals surface area contributed by atoms with Crippen LogP contribution in [0.15, 0.2) is 91.0 Å². The van der Waals surface area contributed by atoms with Crippen LogP contribution in [0, 0.1) is 0 Å². The summed E-state index contributed by atoms with van der Waals surface area (Å²) in [6, 6.07) is 33.7. The molecule has 0 aliphatic carbocycles. The lowest BCUT2D eigenvalue weighted by Gasteiger charge is -2.27. The van der Waals surface area contributed by atoms with Gasteiger partial charge in [0.1, 0.15) is 23.2 Å². The van der Waals surface area contributed by atoms with Crippen molar-refractivity contribution in [2.24, 2.45) is 0 Å². The van der Waals surface area contributed by atoms with E-state index in [1.165, 1.54) is 54.2 Å². The number of hydrogen-bond donors (Lipinski definition) is 0. The predicted octanol–water partition coefficient (Wildman–Crippen LogP) is 5.74. The quantitative estimate of drug-likeness (QED) is 0.276. The van der Waals surface area contributed by atoms with Crippen LogP contribution in [-0.2, 0) is 9.47 Å². The molecular formula is C29H36O2P+. The van der Waals surface area contributed by atoms with Crippen LogP contribution in [0.5, 0.6) is 0 Å². The minimum atomic E-state index is -1.67. The number of unbranched alkanes of at least 4 members (excludes halogenated alkanes) is 4. The van der Waals surface area contributed by atoms with Gasteiger partial charge in [-0.25, -0.2) is 0 Å². The van der Waals surface area contributed by atoms with E-state index >= 15 is 0 Å². The molecule has 1 saturated heterocycles. The Balaban J connectivity index is 1.44. The van der Waals surface area contributed by atoms with E-state index in [0.717, 1.165) is 26.2 Å². The van der Waals surface area contributed by atoms with E-state index in [1.807, 2.05) is 0 Å². The van der Waals surface area contributed by atoms with E-state index in [4.69, 9.17) is 9.47 Å². The average Bonchev–Trinajstić information content (AvgIpc) is 2.88. The smallest absolute Gasteiger partial charge is 0.112 e. The normalized spacial score (nSPS) is 16.7. The summed E-state index contributed by atoms with van der Waals surface area (Å²) in [7, 11) is -1.67. The highest BCUT2D eigenvalue weighted by atomic mass is 31.2. The summed E-state index contributed by atoms with van der Waals surface area (Å²) in [6.45, 7) is 2.29. The molecule has 1 heterocycles. The topological polar surface area (TPSA) is 18.5 Å². The second kappa shape index (κ2) is 12.3. The summed E-state index contributed by atoms with van der Waals surface area (Å²) < 4.78 is 11.3. The summed E-state index contributed by atoms with van der Waals surface area (Å²) in [5.41, 5.74) is 0. The van der Waals surface area contributed by atoms with Crippen molar-refractivity contribution in [3.8, 4) is 0 Å². The Morgan fingerprint density at radius 3 is 1.59 bits per heavy atom. The second-order valence-electron chi connectivity index (χ2n) is 8.66. The largest absolute Gasteiger partial charge is 0.376 e. The van der Waals surface area contributed by atoms with Crippen molar-refractivity contribution in [2.75, 3.05) is 26.0 Å². The first-order chi connectivity index (χ1) is 15.9. The first kappa shape index (κ1) is 23.2. The maximum absolute atomic E-state index is 5.78. The van der Waals surface area contributed by atoms with Crippen LogP contribution < -0.4 is 15.9 Å². The zero-order chi connectivity index (χ0) is 21.9. The van der Waals surface area contributed by atoms with Gasteiger partial charge in [-0.3, -0.25) is 0 Å². The third kappa shape index (κ3) is 5.87. The zero-order valence-electron chi connectivity index (χ0n) is 19.1. The molecule has 0 saturated carbocycles. The molecule has 168 valence electrons. The van der Waals surface area contributed by atoms with Gasteiger partial charge in [-0.2, -0.15) is 0 Å². The first-order valence-electron chi connectivity index (χ1n) is 12.1. The van der Waals surface area contributed by atoms with Gasteiger partial charge in [-0.1, -0.05) is 73.9 Å². The van der Waals surface area contributed by atoms with Gasteiger partial charge in [0.25, 0.3) is 0 Å². The maximum atomic E-state index is 5.78. The maximum Gasteiger partial charge on any atom is 0.112 e. The van der Waals surface area contributed by atoms with Gasteiger partial charge in [0.2, 0.25) is 0 Å². The summed E-state index contributed by atoms with van der Waals surface area (Å²) in [5, 5.41) is 4.48. The van der Waals surface area contributed by atoms with E-state index in [2.05, 4.69) is 91.0 Å². The highest BCUT2D eigenvalue weighted by molar-refractivity contribution is 7.95. The Labute approximate surface area is 194 Å². The van der Waals surface area contributed by atoms with Gasteiger partial charge in [-0.15, -0.1) is 0 Å². The lowest BCUT2D eigenvalue weighted by Crippen LogP contribution is -2.33. The van der Waals surface area contributed by atoms with Crippen molar-refractivity contribution in [3.63, 3.8) is 0 Å². The molecule has 32 heavy (non-hydrogen) atoms. The van der Waals surface area contributed by atoms with Gasteiger partial charge in [-0.05, 0) is 55.7 Å². The van der Waals surface area contributed by atoms with Crippen LogP contribution in [-0.4, -0.2) is 32.1 Å². The van der Waals surface area contributed by atoms with Crippen LogP contribution >= 0.6 is 7.26 Å². The minimum Gasteiger partial charge on any atom is -0.376 e. The van der Waals surface area contributed by atoms with Crippen molar-refractivity contribution in [1.82, 2.24) is 0 Å². The molecule has 0 bridgehead atoms. The van der Waals surface area contributed by atoms with Crippen molar-refractivity contribution >= 4 is 23.2 Å². The predicted molar refractivity (Wildman–Crippen MR) is 138 cm³/mol. The van der Waals surface area contributed by atoms with E-state index in [0.29, 0.717) is 6.10 Å². The second-order valence-corrected chi connectivity index (χ2v) is 12.3. The monoisotopic (exact) mass is 447 g/mol. The van der Waals surface area contributed by atoms with E-state index in [9.17, 15) is 0 Å². The Morgan fingerprint density at radius 2 is 1.09 bits per heavy atom. The molecule has 1 aliphatic rings. The summed E-state index contributed by atoms with van der Waals surface area (Å²) in [4.78, 5) is 0. The van der Waals surface area contributed by atoms with Gasteiger partial charge in [0, 0.05) is 0 Å². The molecule has 1 aliphatic heterocycles. The van der Waals surface area contributed by atoms with Crippen LogP contribution in [0.3, 0.4) is 0 Å². The minimum absolute atomic E-state index is 0.316. The van der Waals surface area contributed by atoms with E-state index < -0.39 is 7.26 Å². The molecule has 3 heteroatoms. The number of hydrogen-bond acceptors (Lipinski definition) is 2. The first-order valence-corrected chi connectivity index (χ1v) is 14.1. The number of benzene rings is 3. The van der Waals surface area contributed by atoms with Crippen LogP contribution in [0.1, 0.15) is 38.5 Å². The fourth-order valence-corrected chi connectivity index (χ4v) is 9.25. The highest BCUT2D eigenvalue weighted by Gasteiger charge is 2.44. The average molecular weight is 448 g/mol. The van der Waals surface area contributed by atoms with Gasteiger partial charge < -0.3 is 9.47 Å². The van der Waals surface area contributed by atoms with Gasteiger partial charge in [0.15, 0.2) is 0 Å². The molecule has 3 aromatic rings. The Hall–Kier alpha value is -1.99. The summed E-state index contributed by atoms with van der Waals surface area (Å²) in [6.07, 6.45) is 9.05. The molecule has 0 aromatic heterocycles. The molecular weight excluding hydrogens is 411 g/mol. The molecule has 0 spiro atoms. The Bertz CT molecular complexity index is 796. The molecule has 4 rings (SSSR count). The van der Waals surface area contributed by atoms with Crippen LogP contribution in [0.2, 0.25) is 0 Å². The highest BCUT2D eigenvalue weighted by Crippen LogP contribution is 2.55. The van der Waals surface area contributed by atoms with Gasteiger partial charge >= 0.3 is 0 Å². The van der Waals surface area contributed by atoms with Crippen LogP contribution in [0.25, 0.3) is 0 Å². The number of rotatable bonds is 11. The fraction of sp³-hybridized carbons (Fsp3) is 0.379. The summed E-state index contributed by atoms with van der Waals surface area (Å²) >= 11 is 0. The molecule has 3 aromatic carbocycles. The molecule has 1 fully saturated rings. The van der Waals surface area contributed by atoms with Crippen molar-refractivity contribution < 1.29 is 9.47 Å². The van der Waals surface area contributed by atoms with Crippen molar-refractivity contribution in [1.29, 1.82) is 0 Å². The molecule has 0 amide bonds. The third-order valence-electron chi connectivity index (χ3n) is 6.50. The van der Waals surface area contributed by atoms with Crippen molar-refractivity contribution in [2.45, 2.75) is 44.6 Å². The third-order valence-corrected chi connectivity index (χ3v) is 11.0. The molecule has 0 radical (unpaired) electrons. The van der Waals surface area contributed by atoms with Crippen molar-refractivity contribution in [3.05, 3.63) is 91.0 Å². The SMILES string of the molecule is c1ccc([P+](CCCCCCCC2COCCO2)(c2ccccc2)c2ccccc2)cc1. The molecule has 1 atom stereocenters. The fourth-order valence-electron chi connectivity index (χ4n) is 4.84. The summed E-state index contributed by atoms with van der Waals surface area (Å²) in [5.74, 6) is 0. The lowest BCUT2D eigenvalue weighted by molar-refractivity contribution is -0.0912. The molecule has 2 nitrogen and oxygen atoms in total. The zero-order valence-corrected chi connectivity index (χ0v) is 20.0. The van der Waals surface area contributed by atoms with E-state index in [-0.39, 0.29) is 0 Å². The molecule has 1 unspecified atom stereocenters. The van der Waals surface area contributed by atoms with E-state index in [1.54, 1.807) is 0 Å². The standard InChI is InChI=1S/C29H36O2P/c1(2-7-15-26-25-30-22-23-31-26)3-14-24-32(27-16-8-4-9-17-27,28-18-10-5-11-19-28)29-20-12-6-13-21-29/h4-6,8-13,16-21,26H,1-3,7,14-15,22-25H2/q+1. The Kier molecular flexibility index (Phi) is 8.91. The van der Waals surface area contributed by atoms with Crippen LogP contribution in [0.4, 0.5) is 0 Å². The number of ether oxygens (including phenoxy) is 2.